The third kappa shape index (κ3) is 4.07. The van der Waals surface area contributed by atoms with Gasteiger partial charge in [-0.1, -0.05) is 20.8 Å². The third-order valence-corrected chi connectivity index (χ3v) is 3.69. The lowest BCUT2D eigenvalue weighted by atomic mass is 9.93. The first kappa shape index (κ1) is 13.5. The fourth-order valence-electron chi connectivity index (χ4n) is 1.55. The lowest BCUT2D eigenvalue weighted by Gasteiger charge is -2.14. The van der Waals surface area contributed by atoms with Gasteiger partial charge in [0.2, 0.25) is 5.91 Å². The van der Waals surface area contributed by atoms with Gasteiger partial charge < -0.3 is 10.6 Å². The summed E-state index contributed by atoms with van der Waals surface area (Å²) in [6, 6.07) is 0. The topological polar surface area (TPSA) is 54.0 Å². The van der Waals surface area contributed by atoms with Gasteiger partial charge in [0.05, 0.1) is 12.2 Å². The highest BCUT2D eigenvalue weighted by Gasteiger charge is 2.21. The Hall–Kier alpha value is -0.940. The summed E-state index contributed by atoms with van der Waals surface area (Å²) >= 11 is 1.49. The maximum absolute atomic E-state index is 11.7. The summed E-state index contributed by atoms with van der Waals surface area (Å²) in [7, 11) is 0. The molecule has 1 amide bonds. The summed E-state index contributed by atoms with van der Waals surface area (Å²) in [6.07, 6.45) is 2.60. The molecule has 100 valence electrons. The molecule has 0 saturated heterocycles. The fraction of sp³-hybridized carbons (Fsp3) is 0.692. The van der Waals surface area contributed by atoms with Gasteiger partial charge in [-0.25, -0.2) is 4.98 Å². The Morgan fingerprint density at radius 2 is 2.22 bits per heavy atom. The second-order valence-corrected chi connectivity index (χ2v) is 6.77. The summed E-state index contributed by atoms with van der Waals surface area (Å²) in [4.78, 5) is 16.1. The van der Waals surface area contributed by atoms with Gasteiger partial charge in [0, 0.05) is 10.8 Å². The lowest BCUT2D eigenvalue weighted by Crippen LogP contribution is -2.29. The number of nitrogens with zero attached hydrogens (tertiary/aromatic N) is 1. The number of amides is 1. The zero-order valence-electron chi connectivity index (χ0n) is 11.2. The average Bonchev–Trinajstić information content (AvgIpc) is 2.94. The number of rotatable bonds is 5. The third-order valence-electron chi connectivity index (χ3n) is 2.93. The van der Waals surface area contributed by atoms with Crippen molar-refractivity contribution < 1.29 is 4.79 Å². The van der Waals surface area contributed by atoms with E-state index < -0.39 is 0 Å². The standard InChI is InChI=1S/C13H21N3OS/c1-13(2,3)10-8-18-12(15-10)16-11(17)7-14-6-9-4-5-9/h8-9,14H,4-7H2,1-3H3,(H,15,16,17). The molecule has 18 heavy (non-hydrogen) atoms. The number of aromatic nitrogens is 1. The molecule has 4 nitrogen and oxygen atoms in total. The first-order valence-corrected chi connectivity index (χ1v) is 7.29. The van der Waals surface area contributed by atoms with E-state index in [1.807, 2.05) is 5.38 Å². The zero-order valence-corrected chi connectivity index (χ0v) is 12.1. The van der Waals surface area contributed by atoms with E-state index in [-0.39, 0.29) is 11.3 Å². The normalized spacial score (nSPS) is 15.7. The average molecular weight is 267 g/mol. The molecule has 0 aliphatic heterocycles. The molecular formula is C13H21N3OS. The number of hydrogen-bond acceptors (Lipinski definition) is 4. The molecule has 0 bridgehead atoms. The largest absolute Gasteiger partial charge is 0.308 e. The number of carbonyl (C=O) groups is 1. The Morgan fingerprint density at radius 1 is 1.50 bits per heavy atom. The van der Waals surface area contributed by atoms with E-state index >= 15 is 0 Å². The van der Waals surface area contributed by atoms with Crippen LogP contribution in [0.15, 0.2) is 5.38 Å². The van der Waals surface area contributed by atoms with Crippen molar-refractivity contribution in [2.45, 2.75) is 39.0 Å². The predicted molar refractivity (Wildman–Crippen MR) is 75.0 cm³/mol. The number of nitrogens with one attached hydrogen (secondary N) is 2. The van der Waals surface area contributed by atoms with Crippen LogP contribution in [0, 0.1) is 5.92 Å². The van der Waals surface area contributed by atoms with Crippen molar-refractivity contribution in [2.75, 3.05) is 18.4 Å². The number of thiazole rings is 1. The van der Waals surface area contributed by atoms with Crippen molar-refractivity contribution in [1.82, 2.24) is 10.3 Å². The molecule has 1 aliphatic carbocycles. The summed E-state index contributed by atoms with van der Waals surface area (Å²) < 4.78 is 0. The van der Waals surface area contributed by atoms with E-state index in [0.717, 1.165) is 18.2 Å². The van der Waals surface area contributed by atoms with Gasteiger partial charge in [0.15, 0.2) is 5.13 Å². The molecule has 0 unspecified atom stereocenters. The predicted octanol–water partition coefficient (Wildman–Crippen LogP) is 2.38. The van der Waals surface area contributed by atoms with Crippen molar-refractivity contribution in [2.24, 2.45) is 5.92 Å². The first-order valence-electron chi connectivity index (χ1n) is 6.42. The van der Waals surface area contributed by atoms with Crippen LogP contribution in [-0.4, -0.2) is 24.0 Å². The molecule has 2 N–H and O–H groups in total. The Bertz CT molecular complexity index is 418. The maximum atomic E-state index is 11.7. The molecule has 1 aromatic heterocycles. The molecule has 2 rings (SSSR count). The van der Waals surface area contributed by atoms with E-state index in [1.165, 1.54) is 24.2 Å². The zero-order chi connectivity index (χ0) is 13.2. The van der Waals surface area contributed by atoms with Crippen LogP contribution in [0.5, 0.6) is 0 Å². The highest BCUT2D eigenvalue weighted by Crippen LogP contribution is 2.27. The van der Waals surface area contributed by atoms with Gasteiger partial charge in [-0.2, -0.15) is 0 Å². The van der Waals surface area contributed by atoms with Crippen LogP contribution in [0.4, 0.5) is 5.13 Å². The van der Waals surface area contributed by atoms with Gasteiger partial charge in [-0.3, -0.25) is 4.79 Å². The second-order valence-electron chi connectivity index (χ2n) is 5.91. The van der Waals surface area contributed by atoms with Gasteiger partial charge >= 0.3 is 0 Å². The summed E-state index contributed by atoms with van der Waals surface area (Å²) in [6.45, 7) is 7.68. The lowest BCUT2D eigenvalue weighted by molar-refractivity contribution is -0.115. The Labute approximate surface area is 112 Å². The fourth-order valence-corrected chi connectivity index (χ4v) is 2.50. The van der Waals surface area contributed by atoms with Crippen LogP contribution >= 0.6 is 11.3 Å². The van der Waals surface area contributed by atoms with Crippen LogP contribution in [0.3, 0.4) is 0 Å². The minimum absolute atomic E-state index is 0.00883. The Morgan fingerprint density at radius 3 is 2.78 bits per heavy atom. The molecule has 1 fully saturated rings. The van der Waals surface area contributed by atoms with Crippen molar-refractivity contribution in [1.29, 1.82) is 0 Å². The second kappa shape index (κ2) is 5.36. The molecule has 0 aromatic carbocycles. The minimum Gasteiger partial charge on any atom is -0.308 e. The van der Waals surface area contributed by atoms with Gasteiger partial charge in [-0.05, 0) is 25.3 Å². The van der Waals surface area contributed by atoms with E-state index in [9.17, 15) is 4.79 Å². The van der Waals surface area contributed by atoms with Crippen LogP contribution in [0.25, 0.3) is 0 Å². The minimum atomic E-state index is -0.00883. The maximum Gasteiger partial charge on any atom is 0.240 e. The molecule has 0 atom stereocenters. The highest BCUT2D eigenvalue weighted by atomic mass is 32.1. The van der Waals surface area contributed by atoms with Crippen molar-refractivity contribution >= 4 is 22.4 Å². The number of carbonyl (C=O) groups excluding carboxylic acids is 1. The Kier molecular flexibility index (Phi) is 4.02. The molecule has 5 heteroatoms. The summed E-state index contributed by atoms with van der Waals surface area (Å²) in [5.41, 5.74) is 1.05. The smallest absolute Gasteiger partial charge is 0.240 e. The number of hydrogen-bond donors (Lipinski definition) is 2. The van der Waals surface area contributed by atoms with Crippen LogP contribution in [0.1, 0.15) is 39.3 Å². The molecule has 1 aromatic rings. The van der Waals surface area contributed by atoms with Crippen LogP contribution in [0.2, 0.25) is 0 Å². The van der Waals surface area contributed by atoms with Gasteiger partial charge in [0.1, 0.15) is 0 Å². The molecule has 0 radical (unpaired) electrons. The molecule has 0 spiro atoms. The van der Waals surface area contributed by atoms with Crippen molar-refractivity contribution in [3.63, 3.8) is 0 Å². The quantitative estimate of drug-likeness (QED) is 0.861. The molecular weight excluding hydrogens is 246 g/mol. The van der Waals surface area contributed by atoms with E-state index in [0.29, 0.717) is 11.7 Å². The highest BCUT2D eigenvalue weighted by molar-refractivity contribution is 7.13. The first-order chi connectivity index (χ1) is 8.45. The molecule has 1 saturated carbocycles. The molecule has 1 heterocycles. The summed E-state index contributed by atoms with van der Waals surface area (Å²) in [5, 5.41) is 8.70. The van der Waals surface area contributed by atoms with E-state index in [2.05, 4.69) is 36.4 Å². The van der Waals surface area contributed by atoms with Gasteiger partial charge in [0.25, 0.3) is 0 Å². The monoisotopic (exact) mass is 267 g/mol. The van der Waals surface area contributed by atoms with Crippen LogP contribution in [-0.2, 0) is 10.2 Å². The van der Waals surface area contributed by atoms with Crippen molar-refractivity contribution in [3.05, 3.63) is 11.1 Å². The van der Waals surface area contributed by atoms with Crippen molar-refractivity contribution in [3.8, 4) is 0 Å². The molecule has 1 aliphatic rings. The van der Waals surface area contributed by atoms with Crippen LogP contribution < -0.4 is 10.6 Å². The van der Waals surface area contributed by atoms with Gasteiger partial charge in [-0.15, -0.1) is 11.3 Å². The SMILES string of the molecule is CC(C)(C)c1csc(NC(=O)CNCC2CC2)n1. The Balaban J connectivity index is 1.77. The van der Waals surface area contributed by atoms with E-state index in [1.54, 1.807) is 0 Å². The number of anilines is 1. The summed E-state index contributed by atoms with van der Waals surface area (Å²) in [5.74, 6) is 0.788. The van der Waals surface area contributed by atoms with E-state index in [4.69, 9.17) is 0 Å².